The number of benzene rings is 2. The molecule has 1 amide bonds. The van der Waals surface area contributed by atoms with Crippen molar-refractivity contribution < 1.29 is 24.9 Å². The molecule has 2 aromatic carbocycles. The van der Waals surface area contributed by atoms with Gasteiger partial charge in [0.1, 0.15) is 11.5 Å². The quantitative estimate of drug-likeness (QED) is 0.0893. The molecule has 2 atom stereocenters. The second-order valence-corrected chi connectivity index (χ2v) is 10.5. The molecule has 4 aromatic rings. The van der Waals surface area contributed by atoms with Crippen LogP contribution in [0.5, 0.6) is 11.5 Å². The zero-order chi connectivity index (χ0) is 30.4. The molecule has 2 heterocycles. The Hall–Kier alpha value is -4.41. The Bertz CT molecular complexity index is 1510. The van der Waals surface area contributed by atoms with E-state index in [4.69, 9.17) is 4.74 Å². The molecular weight excluding hydrogens is 548 g/mol. The molecular formula is C33H40N4O6. The van der Waals surface area contributed by atoms with Crippen LogP contribution in [0.15, 0.2) is 77.7 Å². The molecule has 10 nitrogen and oxygen atoms in total. The van der Waals surface area contributed by atoms with E-state index < -0.39 is 18.2 Å². The van der Waals surface area contributed by atoms with Crippen molar-refractivity contribution in [1.29, 1.82) is 0 Å². The van der Waals surface area contributed by atoms with Crippen molar-refractivity contribution in [2.24, 2.45) is 0 Å². The van der Waals surface area contributed by atoms with E-state index in [1.54, 1.807) is 30.5 Å². The second-order valence-electron chi connectivity index (χ2n) is 10.5. The van der Waals surface area contributed by atoms with Crippen LogP contribution in [0.3, 0.4) is 0 Å². The van der Waals surface area contributed by atoms with Crippen LogP contribution in [0.4, 0.5) is 4.79 Å². The maximum atomic E-state index is 11.6. The largest absolute Gasteiger partial charge is 0.506 e. The summed E-state index contributed by atoms with van der Waals surface area (Å²) in [6, 6.07) is 18.5. The molecule has 4 rings (SSSR count). The lowest BCUT2D eigenvalue weighted by Gasteiger charge is -2.18. The average molecular weight is 589 g/mol. The fourth-order valence-corrected chi connectivity index (χ4v) is 5.11. The van der Waals surface area contributed by atoms with Gasteiger partial charge in [-0.15, -0.1) is 0 Å². The van der Waals surface area contributed by atoms with Gasteiger partial charge in [0, 0.05) is 24.2 Å². The number of hydrogen-bond acceptors (Lipinski definition) is 7. The SMILES string of the molecule is O=C(O)NC(c1cccc(OCCCCCCCCCNC[C@H](O)c2ccc(O)c3[nH]c(=O)ccc23)c1)c1ccccn1. The summed E-state index contributed by atoms with van der Waals surface area (Å²) in [5.74, 6) is 0.689. The maximum Gasteiger partial charge on any atom is 0.405 e. The Morgan fingerprint density at radius 1 is 0.930 bits per heavy atom. The first-order valence-electron chi connectivity index (χ1n) is 14.8. The molecule has 2 aromatic heterocycles. The van der Waals surface area contributed by atoms with Gasteiger partial charge >= 0.3 is 6.09 Å². The first-order chi connectivity index (χ1) is 20.9. The number of phenols is 1. The normalized spacial score (nSPS) is 12.6. The number of pyridine rings is 2. The molecule has 0 aliphatic heterocycles. The van der Waals surface area contributed by atoms with Crippen LogP contribution in [0.25, 0.3) is 10.9 Å². The van der Waals surface area contributed by atoms with Gasteiger partial charge in [-0.1, -0.05) is 56.4 Å². The Labute approximate surface area is 250 Å². The molecule has 228 valence electrons. The molecule has 0 aliphatic carbocycles. The summed E-state index contributed by atoms with van der Waals surface area (Å²) < 4.78 is 5.94. The van der Waals surface area contributed by atoms with Gasteiger partial charge in [0.25, 0.3) is 0 Å². The monoisotopic (exact) mass is 588 g/mol. The van der Waals surface area contributed by atoms with Crippen molar-refractivity contribution in [3.8, 4) is 11.5 Å². The molecule has 6 N–H and O–H groups in total. The van der Waals surface area contributed by atoms with Gasteiger partial charge in [-0.3, -0.25) is 9.78 Å². The molecule has 0 saturated heterocycles. The van der Waals surface area contributed by atoms with E-state index in [2.05, 4.69) is 20.6 Å². The topological polar surface area (TPSA) is 157 Å². The number of aliphatic hydroxyl groups excluding tert-OH is 1. The fraction of sp³-hybridized carbons (Fsp3) is 0.364. The first kappa shape index (κ1) is 31.5. The van der Waals surface area contributed by atoms with Crippen LogP contribution >= 0.6 is 0 Å². The smallest absolute Gasteiger partial charge is 0.405 e. The highest BCUT2D eigenvalue weighted by molar-refractivity contribution is 5.87. The molecule has 1 unspecified atom stereocenters. The number of rotatable bonds is 17. The minimum absolute atomic E-state index is 0.0168. The van der Waals surface area contributed by atoms with Crippen LogP contribution in [-0.2, 0) is 0 Å². The Morgan fingerprint density at radius 3 is 2.49 bits per heavy atom. The number of H-pyrrole nitrogens is 1. The van der Waals surface area contributed by atoms with Gasteiger partial charge in [0.2, 0.25) is 5.56 Å². The molecule has 0 aliphatic rings. The van der Waals surface area contributed by atoms with Crippen molar-refractivity contribution in [2.75, 3.05) is 19.7 Å². The van der Waals surface area contributed by atoms with E-state index in [0.29, 0.717) is 41.1 Å². The molecule has 0 radical (unpaired) electrons. The van der Waals surface area contributed by atoms with Gasteiger partial charge in [0.05, 0.1) is 30.0 Å². The molecule has 0 fully saturated rings. The molecule has 10 heteroatoms. The molecule has 43 heavy (non-hydrogen) atoms. The van der Waals surface area contributed by atoms with Gasteiger partial charge in [-0.25, -0.2) is 4.79 Å². The summed E-state index contributed by atoms with van der Waals surface area (Å²) in [4.78, 5) is 29.9. The number of aromatic hydroxyl groups is 1. The highest BCUT2D eigenvalue weighted by Crippen LogP contribution is 2.28. The predicted octanol–water partition coefficient (Wildman–Crippen LogP) is 5.42. The van der Waals surface area contributed by atoms with Crippen LogP contribution in [-0.4, -0.2) is 51.1 Å². The molecule has 0 saturated carbocycles. The summed E-state index contributed by atoms with van der Waals surface area (Å²) in [7, 11) is 0. The van der Waals surface area contributed by atoms with Gasteiger partial charge < -0.3 is 35.7 Å². The summed E-state index contributed by atoms with van der Waals surface area (Å²) in [6.45, 7) is 1.80. The van der Waals surface area contributed by atoms with E-state index in [9.17, 15) is 24.9 Å². The number of aliphatic hydroxyl groups is 1. The second kappa shape index (κ2) is 16.3. The number of nitrogens with zero attached hydrogens (tertiary/aromatic N) is 1. The zero-order valence-corrected chi connectivity index (χ0v) is 24.2. The van der Waals surface area contributed by atoms with Crippen molar-refractivity contribution >= 4 is 17.0 Å². The lowest BCUT2D eigenvalue weighted by molar-refractivity contribution is 0.176. The Balaban J connectivity index is 1.07. The van der Waals surface area contributed by atoms with Crippen molar-refractivity contribution in [3.05, 3.63) is 100 Å². The zero-order valence-electron chi connectivity index (χ0n) is 24.2. The lowest BCUT2D eigenvalue weighted by atomic mass is 10.0. The van der Waals surface area contributed by atoms with E-state index in [-0.39, 0.29) is 11.3 Å². The standard InChI is InChI=1S/C33H40N4O6/c38-28-16-14-25(26-15-17-30(40)36-32(26)28)29(39)22-34-18-7-4-2-1-3-5-9-20-43-24-12-10-11-23(21-24)31(37-33(41)42)27-13-6-8-19-35-27/h6,8,10-17,19,21,29,31,34,37-39H,1-5,7,9,18,20,22H2,(H,36,40)(H,41,42)/t29-,31?/m0/s1. The average Bonchev–Trinajstić information content (AvgIpc) is 3.01. The Morgan fingerprint density at radius 2 is 1.72 bits per heavy atom. The van der Waals surface area contributed by atoms with Crippen molar-refractivity contribution in [1.82, 2.24) is 20.6 Å². The summed E-state index contributed by atoms with van der Waals surface area (Å²) in [5.41, 5.74) is 2.10. The number of aromatic amines is 1. The molecule has 0 spiro atoms. The number of nitrogens with one attached hydrogen (secondary N) is 3. The van der Waals surface area contributed by atoms with E-state index in [1.165, 1.54) is 12.1 Å². The molecule has 0 bridgehead atoms. The van der Waals surface area contributed by atoms with E-state index in [0.717, 1.165) is 57.1 Å². The number of amides is 1. The summed E-state index contributed by atoms with van der Waals surface area (Å²) in [6.07, 6.45) is 7.37. The Kier molecular flexibility index (Phi) is 11.9. The first-order valence-corrected chi connectivity index (χ1v) is 14.8. The van der Waals surface area contributed by atoms with Crippen LogP contribution < -0.4 is 20.9 Å². The third-order valence-corrected chi connectivity index (χ3v) is 7.31. The fourth-order valence-electron chi connectivity index (χ4n) is 5.11. The summed E-state index contributed by atoms with van der Waals surface area (Å²) in [5, 5.41) is 36.4. The van der Waals surface area contributed by atoms with Crippen LogP contribution in [0, 0.1) is 0 Å². The third kappa shape index (κ3) is 9.56. The van der Waals surface area contributed by atoms with Gasteiger partial charge in [0.15, 0.2) is 0 Å². The number of carbonyl (C=O) groups is 1. The van der Waals surface area contributed by atoms with E-state index in [1.807, 2.05) is 30.3 Å². The minimum Gasteiger partial charge on any atom is -0.506 e. The number of fused-ring (bicyclic) bond motifs is 1. The lowest BCUT2D eigenvalue weighted by Crippen LogP contribution is -2.28. The predicted molar refractivity (Wildman–Crippen MR) is 166 cm³/mol. The minimum atomic E-state index is -1.11. The van der Waals surface area contributed by atoms with Crippen molar-refractivity contribution in [3.63, 3.8) is 0 Å². The van der Waals surface area contributed by atoms with Gasteiger partial charge in [-0.2, -0.15) is 0 Å². The highest BCUT2D eigenvalue weighted by Gasteiger charge is 2.18. The number of carboxylic acid groups (broad SMARTS) is 1. The summed E-state index contributed by atoms with van der Waals surface area (Å²) >= 11 is 0. The third-order valence-electron chi connectivity index (χ3n) is 7.31. The van der Waals surface area contributed by atoms with Gasteiger partial charge in [-0.05, 0) is 66.9 Å². The number of phenolic OH excluding ortho intramolecular Hbond substituents is 1. The van der Waals surface area contributed by atoms with Crippen molar-refractivity contribution in [2.45, 2.75) is 57.1 Å². The number of ether oxygens (including phenoxy) is 1. The number of aromatic nitrogens is 2. The van der Waals surface area contributed by atoms with Crippen LogP contribution in [0.1, 0.15) is 73.9 Å². The number of hydrogen-bond donors (Lipinski definition) is 6. The highest BCUT2D eigenvalue weighted by atomic mass is 16.5. The number of unbranched alkanes of at least 4 members (excludes halogenated alkanes) is 6. The maximum absolute atomic E-state index is 11.6. The van der Waals surface area contributed by atoms with Crippen LogP contribution in [0.2, 0.25) is 0 Å². The van der Waals surface area contributed by atoms with E-state index >= 15 is 0 Å².